The first kappa shape index (κ1) is 20.1. The van der Waals surface area contributed by atoms with Gasteiger partial charge in [-0.2, -0.15) is 0 Å². The Labute approximate surface area is 169 Å². The number of amides is 1. The number of nitrogens with one attached hydrogen (secondary N) is 1. The summed E-state index contributed by atoms with van der Waals surface area (Å²) in [5.41, 5.74) is 1.24. The van der Waals surface area contributed by atoms with Gasteiger partial charge in [0.15, 0.2) is 0 Å². The smallest absolute Gasteiger partial charge is 0.288 e. The molecule has 3 rings (SSSR count). The van der Waals surface area contributed by atoms with Crippen molar-refractivity contribution < 1.29 is 9.72 Å². The molecule has 2 aromatic rings. The van der Waals surface area contributed by atoms with Gasteiger partial charge in [-0.15, -0.1) is 0 Å². The van der Waals surface area contributed by atoms with Gasteiger partial charge in [0.25, 0.3) is 11.6 Å². The largest absolute Gasteiger partial charge is 0.369 e. The third kappa shape index (κ3) is 5.21. The third-order valence-electron chi connectivity index (χ3n) is 4.84. The maximum atomic E-state index is 12.2. The lowest BCUT2D eigenvalue weighted by atomic mass is 10.2. The molecule has 7 nitrogen and oxygen atoms in total. The Hall–Kier alpha value is -2.64. The number of hydrogen-bond acceptors (Lipinski definition) is 5. The lowest BCUT2D eigenvalue weighted by Crippen LogP contribution is -2.47. The van der Waals surface area contributed by atoms with Gasteiger partial charge < -0.3 is 10.2 Å². The maximum Gasteiger partial charge on any atom is 0.288 e. The van der Waals surface area contributed by atoms with Crippen LogP contribution in [0.25, 0.3) is 0 Å². The summed E-state index contributed by atoms with van der Waals surface area (Å²) >= 11 is 5.78. The zero-order valence-corrected chi connectivity index (χ0v) is 16.3. The molecule has 0 aromatic heterocycles. The number of para-hydroxylation sites is 1. The van der Waals surface area contributed by atoms with Crippen molar-refractivity contribution in [3.63, 3.8) is 0 Å². The Balaban J connectivity index is 1.39. The van der Waals surface area contributed by atoms with Crippen molar-refractivity contribution in [2.24, 2.45) is 0 Å². The molecular formula is C20H23ClN4O3. The van der Waals surface area contributed by atoms with Crippen LogP contribution in [0, 0.1) is 10.1 Å². The lowest BCUT2D eigenvalue weighted by molar-refractivity contribution is -0.384. The minimum absolute atomic E-state index is 0.0243. The van der Waals surface area contributed by atoms with Crippen molar-refractivity contribution >= 4 is 28.9 Å². The van der Waals surface area contributed by atoms with E-state index in [1.165, 1.54) is 23.9 Å². The number of hydrogen-bond donors (Lipinski definition) is 1. The van der Waals surface area contributed by atoms with Gasteiger partial charge in [0.1, 0.15) is 5.02 Å². The zero-order valence-electron chi connectivity index (χ0n) is 15.5. The van der Waals surface area contributed by atoms with E-state index in [9.17, 15) is 14.9 Å². The van der Waals surface area contributed by atoms with Crippen LogP contribution in [0.15, 0.2) is 48.5 Å². The molecule has 0 radical (unpaired) electrons. The summed E-state index contributed by atoms with van der Waals surface area (Å²) < 4.78 is 0. The SMILES string of the molecule is O=C(NCCCN1CCN(c2ccccc2)CC1)c1ccc(Cl)c([N+](=O)[O-])c1. The van der Waals surface area contributed by atoms with Gasteiger partial charge in [0.2, 0.25) is 0 Å². The highest BCUT2D eigenvalue weighted by molar-refractivity contribution is 6.32. The first-order valence-corrected chi connectivity index (χ1v) is 9.67. The maximum absolute atomic E-state index is 12.2. The molecule has 1 heterocycles. The quantitative estimate of drug-likeness (QED) is 0.437. The van der Waals surface area contributed by atoms with Gasteiger partial charge in [-0.3, -0.25) is 19.8 Å². The minimum Gasteiger partial charge on any atom is -0.369 e. The molecule has 1 fully saturated rings. The molecule has 1 amide bonds. The number of anilines is 1. The van der Waals surface area contributed by atoms with Gasteiger partial charge in [-0.25, -0.2) is 0 Å². The van der Waals surface area contributed by atoms with E-state index >= 15 is 0 Å². The van der Waals surface area contributed by atoms with Gasteiger partial charge in [-0.1, -0.05) is 29.8 Å². The average Bonchev–Trinajstić information content (AvgIpc) is 2.72. The molecule has 1 aliphatic heterocycles. The molecule has 2 aromatic carbocycles. The van der Waals surface area contributed by atoms with Crippen LogP contribution in [0.1, 0.15) is 16.8 Å². The predicted molar refractivity (Wildman–Crippen MR) is 110 cm³/mol. The van der Waals surface area contributed by atoms with Gasteiger partial charge in [-0.05, 0) is 37.2 Å². The topological polar surface area (TPSA) is 78.7 Å². The molecule has 0 bridgehead atoms. The zero-order chi connectivity index (χ0) is 19.9. The summed E-state index contributed by atoms with van der Waals surface area (Å²) in [5, 5.41) is 13.8. The number of carbonyl (C=O) groups excluding carboxylic acids is 1. The standard InChI is InChI=1S/C20H23ClN4O3/c21-18-8-7-16(15-19(18)25(27)28)20(26)22-9-4-10-23-11-13-24(14-12-23)17-5-2-1-3-6-17/h1-3,5-8,15H,4,9-14H2,(H,22,26). The molecule has 1 saturated heterocycles. The highest BCUT2D eigenvalue weighted by Gasteiger charge is 2.18. The van der Waals surface area contributed by atoms with E-state index in [2.05, 4.69) is 39.4 Å². The number of nitro groups is 1. The number of rotatable bonds is 7. The van der Waals surface area contributed by atoms with Crippen molar-refractivity contribution in [3.05, 3.63) is 69.2 Å². The molecule has 0 spiro atoms. The van der Waals surface area contributed by atoms with Crippen LogP contribution in [0.5, 0.6) is 0 Å². The Kier molecular flexibility index (Phi) is 6.84. The Morgan fingerprint density at radius 3 is 2.50 bits per heavy atom. The van der Waals surface area contributed by atoms with Crippen molar-refractivity contribution in [3.8, 4) is 0 Å². The fraction of sp³-hybridized carbons (Fsp3) is 0.350. The lowest BCUT2D eigenvalue weighted by Gasteiger charge is -2.36. The molecule has 0 unspecified atom stereocenters. The average molecular weight is 403 g/mol. The normalized spacial score (nSPS) is 14.7. The van der Waals surface area contributed by atoms with Crippen LogP contribution in [0.4, 0.5) is 11.4 Å². The van der Waals surface area contributed by atoms with Crippen LogP contribution in [0.2, 0.25) is 5.02 Å². The van der Waals surface area contributed by atoms with E-state index < -0.39 is 4.92 Å². The second-order valence-corrected chi connectivity index (χ2v) is 7.10. The van der Waals surface area contributed by atoms with Crippen molar-refractivity contribution in [1.29, 1.82) is 0 Å². The summed E-state index contributed by atoms with van der Waals surface area (Å²) in [6, 6.07) is 14.5. The van der Waals surface area contributed by atoms with E-state index in [1.54, 1.807) is 0 Å². The first-order valence-electron chi connectivity index (χ1n) is 9.29. The molecular weight excluding hydrogens is 380 g/mol. The van der Waals surface area contributed by atoms with Crippen LogP contribution >= 0.6 is 11.6 Å². The van der Waals surface area contributed by atoms with Crippen LogP contribution in [-0.2, 0) is 0 Å². The summed E-state index contributed by atoms with van der Waals surface area (Å²) in [7, 11) is 0. The number of nitrogens with zero attached hydrogens (tertiary/aromatic N) is 3. The van der Waals surface area contributed by atoms with E-state index in [1.807, 2.05) is 6.07 Å². The van der Waals surface area contributed by atoms with E-state index in [-0.39, 0.29) is 22.2 Å². The number of benzene rings is 2. The molecule has 0 aliphatic carbocycles. The number of halogens is 1. The predicted octanol–water partition coefficient (Wildman–Crippen LogP) is 3.19. The fourth-order valence-corrected chi connectivity index (χ4v) is 3.46. The molecule has 8 heteroatoms. The number of piperazine rings is 1. The molecule has 28 heavy (non-hydrogen) atoms. The highest BCUT2D eigenvalue weighted by Crippen LogP contribution is 2.25. The molecule has 1 N–H and O–H groups in total. The highest BCUT2D eigenvalue weighted by atomic mass is 35.5. The van der Waals surface area contributed by atoms with Crippen molar-refractivity contribution in [2.75, 3.05) is 44.2 Å². The minimum atomic E-state index is -0.589. The van der Waals surface area contributed by atoms with Crippen molar-refractivity contribution in [2.45, 2.75) is 6.42 Å². The Bertz CT molecular complexity index is 823. The van der Waals surface area contributed by atoms with Crippen LogP contribution in [0.3, 0.4) is 0 Å². The molecule has 0 saturated carbocycles. The fourth-order valence-electron chi connectivity index (χ4n) is 3.27. The first-order chi connectivity index (χ1) is 13.5. The summed E-state index contributed by atoms with van der Waals surface area (Å²) in [5.74, 6) is -0.325. The number of nitro benzene ring substituents is 1. The second-order valence-electron chi connectivity index (χ2n) is 6.70. The molecule has 0 atom stereocenters. The van der Waals surface area contributed by atoms with Gasteiger partial charge >= 0.3 is 0 Å². The van der Waals surface area contributed by atoms with Gasteiger partial charge in [0.05, 0.1) is 4.92 Å². The van der Waals surface area contributed by atoms with E-state index in [0.717, 1.165) is 39.1 Å². The van der Waals surface area contributed by atoms with Crippen LogP contribution in [-0.4, -0.2) is 55.0 Å². The molecule has 1 aliphatic rings. The summed E-state index contributed by atoms with van der Waals surface area (Å²) in [4.78, 5) is 27.3. The summed E-state index contributed by atoms with van der Waals surface area (Å²) in [6.45, 7) is 5.39. The van der Waals surface area contributed by atoms with Gasteiger partial charge in [0, 0.05) is 50.0 Å². The Morgan fingerprint density at radius 2 is 1.82 bits per heavy atom. The molecule has 148 valence electrons. The number of carbonyl (C=O) groups is 1. The monoisotopic (exact) mass is 402 g/mol. The van der Waals surface area contributed by atoms with E-state index in [0.29, 0.717) is 6.54 Å². The summed E-state index contributed by atoms with van der Waals surface area (Å²) in [6.07, 6.45) is 0.826. The van der Waals surface area contributed by atoms with Crippen molar-refractivity contribution in [1.82, 2.24) is 10.2 Å². The van der Waals surface area contributed by atoms with Crippen LogP contribution < -0.4 is 10.2 Å². The Morgan fingerprint density at radius 1 is 1.11 bits per heavy atom. The second kappa shape index (κ2) is 9.52. The third-order valence-corrected chi connectivity index (χ3v) is 5.15. The van der Waals surface area contributed by atoms with E-state index in [4.69, 9.17) is 11.6 Å².